The molecule has 1 aliphatic heterocycles. The Labute approximate surface area is 103 Å². The van der Waals surface area contributed by atoms with Crippen LogP contribution in [0.5, 0.6) is 0 Å². The minimum atomic E-state index is 0.00460. The molecule has 0 aliphatic carbocycles. The van der Waals surface area contributed by atoms with E-state index in [0.29, 0.717) is 26.3 Å². The summed E-state index contributed by atoms with van der Waals surface area (Å²) in [5, 5.41) is 0.773. The lowest BCUT2D eigenvalue weighted by Gasteiger charge is -2.25. The van der Waals surface area contributed by atoms with E-state index in [0.717, 1.165) is 5.00 Å². The van der Waals surface area contributed by atoms with Crippen molar-refractivity contribution in [2.45, 2.75) is 0 Å². The highest BCUT2D eigenvalue weighted by atomic mass is 35.5. The number of hydrogen-bond acceptors (Lipinski definition) is 5. The number of halogens is 1. The Bertz CT molecular complexity index is 302. The molecular weight excluding hydrogens is 250 g/mol. The zero-order valence-electron chi connectivity index (χ0n) is 8.76. The summed E-state index contributed by atoms with van der Waals surface area (Å²) in [6.07, 6.45) is 1.63. The summed E-state index contributed by atoms with van der Waals surface area (Å²) in [5.41, 5.74) is 6.94. The van der Waals surface area contributed by atoms with Crippen LogP contribution in [0.25, 0.3) is 0 Å². The van der Waals surface area contributed by atoms with Crippen molar-refractivity contribution in [3.8, 4) is 0 Å². The van der Waals surface area contributed by atoms with E-state index in [2.05, 4.69) is 4.98 Å². The molecule has 0 unspecified atom stereocenters. The minimum absolute atomic E-state index is 0.00460. The molecule has 90 valence electrons. The fourth-order valence-electron chi connectivity index (χ4n) is 1.12. The summed E-state index contributed by atoms with van der Waals surface area (Å²) in [5.74, 6) is 0.0879. The monoisotopic (exact) mass is 263 g/mol. The van der Waals surface area contributed by atoms with Crippen molar-refractivity contribution in [3.63, 3.8) is 0 Å². The topological polar surface area (TPSA) is 68.5 Å². The molecule has 1 saturated heterocycles. The summed E-state index contributed by atoms with van der Waals surface area (Å²) < 4.78 is 5.06. The van der Waals surface area contributed by atoms with Crippen LogP contribution in [0, 0.1) is 0 Å². The molecule has 1 aromatic heterocycles. The maximum Gasteiger partial charge on any atom is 0.237 e. The summed E-state index contributed by atoms with van der Waals surface area (Å²) in [6.45, 7) is 2.66. The molecule has 1 aromatic rings. The van der Waals surface area contributed by atoms with Crippen LogP contribution in [0.4, 0.5) is 5.00 Å². The summed E-state index contributed by atoms with van der Waals surface area (Å²) in [7, 11) is 0. The van der Waals surface area contributed by atoms with Crippen molar-refractivity contribution in [1.29, 1.82) is 0 Å². The van der Waals surface area contributed by atoms with Crippen LogP contribution in [0.2, 0.25) is 0 Å². The van der Waals surface area contributed by atoms with Crippen LogP contribution in [-0.2, 0) is 9.53 Å². The zero-order valence-corrected chi connectivity index (χ0v) is 10.3. The van der Waals surface area contributed by atoms with E-state index in [1.165, 1.54) is 11.3 Å². The number of amides is 1. The lowest BCUT2D eigenvalue weighted by Crippen LogP contribution is -2.41. The van der Waals surface area contributed by atoms with Crippen molar-refractivity contribution in [2.24, 2.45) is 0 Å². The van der Waals surface area contributed by atoms with Crippen LogP contribution in [0.15, 0.2) is 11.7 Å². The number of alkyl halides is 1. The van der Waals surface area contributed by atoms with Crippen LogP contribution < -0.4 is 5.73 Å². The number of carbonyl (C=O) groups excluding carboxylic acids is 1. The number of anilines is 1. The number of ether oxygens (including phenoxy) is 1. The van der Waals surface area contributed by atoms with E-state index < -0.39 is 0 Å². The fraction of sp³-hybridized carbons (Fsp3) is 0.556. The molecule has 0 spiro atoms. The fourth-order valence-corrected chi connectivity index (χ4v) is 1.66. The number of nitrogens with two attached hydrogens (primary N) is 1. The highest BCUT2D eigenvalue weighted by Crippen LogP contribution is 2.04. The molecule has 1 amide bonds. The Hall–Kier alpha value is -0.850. The van der Waals surface area contributed by atoms with Gasteiger partial charge in [-0.1, -0.05) is 0 Å². The smallest absolute Gasteiger partial charge is 0.237 e. The van der Waals surface area contributed by atoms with Gasteiger partial charge < -0.3 is 15.4 Å². The normalized spacial score (nSPS) is 15.2. The first-order chi connectivity index (χ1) is 7.74. The van der Waals surface area contributed by atoms with E-state index in [1.54, 1.807) is 16.6 Å². The van der Waals surface area contributed by atoms with Gasteiger partial charge in [0.1, 0.15) is 10.9 Å². The first-order valence-electron chi connectivity index (χ1n) is 4.79. The second kappa shape index (κ2) is 7.43. The van der Waals surface area contributed by atoms with Gasteiger partial charge in [0.05, 0.1) is 24.9 Å². The number of aromatic nitrogens is 1. The number of nitrogen functional groups attached to an aromatic ring is 1. The van der Waals surface area contributed by atoms with Gasteiger partial charge in [0.15, 0.2) is 0 Å². The van der Waals surface area contributed by atoms with Crippen molar-refractivity contribution in [3.05, 3.63) is 11.7 Å². The molecule has 7 heteroatoms. The van der Waals surface area contributed by atoms with Gasteiger partial charge in [0.2, 0.25) is 5.91 Å². The molecule has 0 bridgehead atoms. The molecule has 2 heterocycles. The van der Waals surface area contributed by atoms with Crippen molar-refractivity contribution >= 4 is 33.8 Å². The molecule has 2 N–H and O–H groups in total. The molecule has 0 radical (unpaired) electrons. The third-order valence-corrected chi connectivity index (χ3v) is 2.76. The summed E-state index contributed by atoms with van der Waals surface area (Å²) >= 11 is 6.80. The molecule has 16 heavy (non-hydrogen) atoms. The van der Waals surface area contributed by atoms with E-state index in [-0.39, 0.29) is 11.8 Å². The van der Waals surface area contributed by atoms with Gasteiger partial charge >= 0.3 is 0 Å². The van der Waals surface area contributed by atoms with Gasteiger partial charge in [0, 0.05) is 13.1 Å². The van der Waals surface area contributed by atoms with Gasteiger partial charge in [-0.3, -0.25) is 9.78 Å². The summed E-state index contributed by atoms with van der Waals surface area (Å²) in [6, 6.07) is 0. The number of hydrogen-bond donors (Lipinski definition) is 1. The highest BCUT2D eigenvalue weighted by Gasteiger charge is 2.14. The first-order valence-corrected chi connectivity index (χ1v) is 6.21. The molecule has 0 saturated carbocycles. The van der Waals surface area contributed by atoms with Gasteiger partial charge in [-0.05, 0) is 0 Å². The quantitative estimate of drug-likeness (QED) is 0.762. The molecule has 2 rings (SSSR count). The molecule has 0 aromatic carbocycles. The van der Waals surface area contributed by atoms with Crippen LogP contribution >= 0.6 is 22.9 Å². The standard InChI is InChI=1S/C6H10ClNO2.C3H4N2S/c7-5-6(9)8-1-3-10-4-2-8;4-3-1-5-2-6-3/h1-5H2;1-2H,4H2. The maximum atomic E-state index is 10.9. The van der Waals surface area contributed by atoms with E-state index >= 15 is 0 Å². The average molecular weight is 264 g/mol. The Morgan fingerprint density at radius 3 is 2.69 bits per heavy atom. The van der Waals surface area contributed by atoms with Crippen LogP contribution in [0.1, 0.15) is 0 Å². The molecular formula is C9H14ClN3O2S. The number of rotatable bonds is 1. The number of thiazole rings is 1. The van der Waals surface area contributed by atoms with Gasteiger partial charge in [-0.15, -0.1) is 22.9 Å². The molecule has 1 fully saturated rings. The second-order valence-electron chi connectivity index (χ2n) is 3.03. The van der Waals surface area contributed by atoms with Gasteiger partial charge in [-0.25, -0.2) is 0 Å². The highest BCUT2D eigenvalue weighted by molar-refractivity contribution is 7.13. The van der Waals surface area contributed by atoms with E-state index in [9.17, 15) is 4.79 Å². The SMILES string of the molecule is Nc1cncs1.O=C(CCl)N1CCOCC1. The molecule has 5 nitrogen and oxygen atoms in total. The Balaban J connectivity index is 0.000000181. The van der Waals surface area contributed by atoms with Crippen LogP contribution in [0.3, 0.4) is 0 Å². The van der Waals surface area contributed by atoms with Crippen molar-refractivity contribution in [1.82, 2.24) is 9.88 Å². The first kappa shape index (κ1) is 13.2. The molecule has 1 aliphatic rings. The Morgan fingerprint density at radius 1 is 1.62 bits per heavy atom. The zero-order chi connectivity index (χ0) is 11.8. The number of nitrogens with zero attached hydrogens (tertiary/aromatic N) is 2. The second-order valence-corrected chi connectivity index (χ2v) is 4.22. The van der Waals surface area contributed by atoms with Crippen molar-refractivity contribution in [2.75, 3.05) is 37.9 Å². The maximum absolute atomic E-state index is 10.9. The van der Waals surface area contributed by atoms with Crippen LogP contribution in [-0.4, -0.2) is 48.0 Å². The lowest BCUT2D eigenvalue weighted by atomic mass is 10.4. The van der Waals surface area contributed by atoms with Gasteiger partial charge in [-0.2, -0.15) is 0 Å². The van der Waals surface area contributed by atoms with E-state index in [1.807, 2.05) is 0 Å². The third-order valence-electron chi connectivity index (χ3n) is 1.93. The summed E-state index contributed by atoms with van der Waals surface area (Å²) in [4.78, 5) is 16.3. The Kier molecular flexibility index (Phi) is 6.14. The predicted molar refractivity (Wildman–Crippen MR) is 64.6 cm³/mol. The largest absolute Gasteiger partial charge is 0.389 e. The van der Waals surface area contributed by atoms with Gasteiger partial charge in [0.25, 0.3) is 0 Å². The lowest BCUT2D eigenvalue weighted by molar-refractivity contribution is -0.132. The Morgan fingerprint density at radius 2 is 2.31 bits per heavy atom. The molecule has 0 atom stereocenters. The number of morpholine rings is 1. The average Bonchev–Trinajstić information content (AvgIpc) is 2.81. The minimum Gasteiger partial charge on any atom is -0.389 e. The third kappa shape index (κ3) is 4.78. The van der Waals surface area contributed by atoms with E-state index in [4.69, 9.17) is 22.1 Å². The predicted octanol–water partition coefficient (Wildman–Crippen LogP) is 0.809. The number of carbonyl (C=O) groups is 1. The van der Waals surface area contributed by atoms with Crippen molar-refractivity contribution < 1.29 is 9.53 Å².